The third kappa shape index (κ3) is 4.20. The number of urea groups is 1. The Hall–Kier alpha value is -2.06. The van der Waals surface area contributed by atoms with Crippen LogP contribution in [0.15, 0.2) is 33.9 Å². The molecular formula is C12H11ClN4O3S. The lowest BCUT2D eigenvalue weighted by Crippen LogP contribution is -2.39. The summed E-state index contributed by atoms with van der Waals surface area (Å²) in [5, 5.41) is 9.84. The number of nitrogens with zero attached hydrogens (tertiary/aromatic N) is 2. The normalized spacial score (nSPS) is 11.9. The number of carbonyl (C=O) groups is 2. The van der Waals surface area contributed by atoms with E-state index in [-0.39, 0.29) is 5.22 Å². The van der Waals surface area contributed by atoms with Crippen LogP contribution >= 0.6 is 23.4 Å². The van der Waals surface area contributed by atoms with E-state index in [0.29, 0.717) is 16.5 Å². The molecule has 0 saturated carbocycles. The highest BCUT2D eigenvalue weighted by Crippen LogP contribution is 2.27. The van der Waals surface area contributed by atoms with Gasteiger partial charge in [-0.25, -0.2) is 4.79 Å². The van der Waals surface area contributed by atoms with Crippen molar-refractivity contribution in [1.82, 2.24) is 15.5 Å². The SMILES string of the molecule is CC(Sc1nnc(-c2cccc(Cl)c2)o1)C(=O)NC(N)=O. The molecule has 0 aliphatic heterocycles. The number of aromatic nitrogens is 2. The summed E-state index contributed by atoms with van der Waals surface area (Å²) in [6, 6.07) is 6.05. The molecule has 2 rings (SSSR count). The zero-order chi connectivity index (χ0) is 15.4. The van der Waals surface area contributed by atoms with E-state index in [4.69, 9.17) is 21.8 Å². The molecule has 3 amide bonds. The molecule has 2 aromatic rings. The summed E-state index contributed by atoms with van der Waals surface area (Å²) >= 11 is 6.90. The van der Waals surface area contributed by atoms with Crippen LogP contribution in [0.25, 0.3) is 11.5 Å². The second-order valence-corrected chi connectivity index (χ2v) is 5.73. The number of nitrogens with two attached hydrogens (primary N) is 1. The lowest BCUT2D eigenvalue weighted by Gasteiger charge is -2.06. The van der Waals surface area contributed by atoms with Gasteiger partial charge in [-0.1, -0.05) is 29.4 Å². The first-order valence-electron chi connectivity index (χ1n) is 5.82. The molecule has 0 aliphatic rings. The van der Waals surface area contributed by atoms with Crippen LogP contribution in [0.4, 0.5) is 4.79 Å². The third-order valence-corrected chi connectivity index (χ3v) is 3.54. The van der Waals surface area contributed by atoms with E-state index in [1.165, 1.54) is 0 Å². The highest BCUT2D eigenvalue weighted by atomic mass is 35.5. The molecule has 0 radical (unpaired) electrons. The van der Waals surface area contributed by atoms with Gasteiger partial charge in [-0.15, -0.1) is 10.2 Å². The Kier molecular flexibility index (Phi) is 4.81. The van der Waals surface area contributed by atoms with E-state index >= 15 is 0 Å². The van der Waals surface area contributed by atoms with Crippen molar-refractivity contribution in [3.05, 3.63) is 29.3 Å². The van der Waals surface area contributed by atoms with Crippen molar-refractivity contribution in [2.45, 2.75) is 17.4 Å². The molecule has 1 aromatic carbocycles. The zero-order valence-corrected chi connectivity index (χ0v) is 12.4. The second-order valence-electron chi connectivity index (χ2n) is 4.00. The maximum Gasteiger partial charge on any atom is 0.318 e. The number of nitrogens with one attached hydrogen (secondary N) is 1. The lowest BCUT2D eigenvalue weighted by molar-refractivity contribution is -0.119. The summed E-state index contributed by atoms with van der Waals surface area (Å²) in [6.45, 7) is 1.59. The van der Waals surface area contributed by atoms with Crippen LogP contribution in [0.2, 0.25) is 5.02 Å². The van der Waals surface area contributed by atoms with E-state index < -0.39 is 17.2 Å². The summed E-state index contributed by atoms with van der Waals surface area (Å²) in [6.07, 6.45) is 0. The minimum Gasteiger partial charge on any atom is -0.411 e. The molecule has 1 aromatic heterocycles. The fourth-order valence-corrected chi connectivity index (χ4v) is 2.30. The van der Waals surface area contributed by atoms with Gasteiger partial charge in [-0.05, 0) is 25.1 Å². The largest absolute Gasteiger partial charge is 0.411 e. The number of imide groups is 1. The standard InChI is InChI=1S/C12H11ClN4O3S/c1-6(9(18)15-11(14)19)21-12-17-16-10(20-12)7-3-2-4-8(13)5-7/h2-6H,1H3,(H3,14,15,18,19). The molecular weight excluding hydrogens is 316 g/mol. The van der Waals surface area contributed by atoms with Gasteiger partial charge in [-0.3, -0.25) is 10.1 Å². The third-order valence-electron chi connectivity index (χ3n) is 2.37. The van der Waals surface area contributed by atoms with Crippen LogP contribution in [-0.4, -0.2) is 27.4 Å². The Labute approximate surface area is 129 Å². The molecule has 0 saturated heterocycles. The van der Waals surface area contributed by atoms with Gasteiger partial charge in [0.15, 0.2) is 0 Å². The van der Waals surface area contributed by atoms with Crippen LogP contribution in [0.5, 0.6) is 0 Å². The number of halogens is 1. The number of hydrogen-bond acceptors (Lipinski definition) is 6. The molecule has 1 unspecified atom stereocenters. The number of amides is 3. The van der Waals surface area contributed by atoms with Crippen LogP contribution in [0.3, 0.4) is 0 Å². The quantitative estimate of drug-likeness (QED) is 0.832. The Bertz CT molecular complexity index is 676. The van der Waals surface area contributed by atoms with E-state index in [1.807, 2.05) is 5.32 Å². The van der Waals surface area contributed by atoms with Crippen molar-refractivity contribution in [2.24, 2.45) is 5.73 Å². The average Bonchev–Trinajstić information content (AvgIpc) is 2.86. The van der Waals surface area contributed by atoms with E-state index in [2.05, 4.69) is 10.2 Å². The van der Waals surface area contributed by atoms with E-state index in [1.54, 1.807) is 31.2 Å². The predicted molar refractivity (Wildman–Crippen MR) is 77.8 cm³/mol. The van der Waals surface area contributed by atoms with Crippen LogP contribution in [0.1, 0.15) is 6.92 Å². The van der Waals surface area contributed by atoms with Gasteiger partial charge in [0.2, 0.25) is 11.8 Å². The number of carbonyl (C=O) groups excluding carboxylic acids is 2. The molecule has 0 bridgehead atoms. The molecule has 1 heterocycles. The number of primary amides is 1. The molecule has 0 aliphatic carbocycles. The number of hydrogen-bond donors (Lipinski definition) is 2. The summed E-state index contributed by atoms with van der Waals surface area (Å²) < 4.78 is 5.44. The minimum atomic E-state index is -0.905. The van der Waals surface area contributed by atoms with Crippen molar-refractivity contribution in [2.75, 3.05) is 0 Å². The molecule has 7 nitrogen and oxygen atoms in total. The van der Waals surface area contributed by atoms with Gasteiger partial charge >= 0.3 is 6.03 Å². The van der Waals surface area contributed by atoms with Crippen molar-refractivity contribution in [1.29, 1.82) is 0 Å². The Morgan fingerprint density at radius 1 is 1.43 bits per heavy atom. The highest BCUT2D eigenvalue weighted by Gasteiger charge is 2.19. The van der Waals surface area contributed by atoms with Crippen molar-refractivity contribution in [3.63, 3.8) is 0 Å². The number of rotatable bonds is 4. The fraction of sp³-hybridized carbons (Fsp3) is 0.167. The van der Waals surface area contributed by atoms with Gasteiger partial charge in [0.25, 0.3) is 5.22 Å². The van der Waals surface area contributed by atoms with Gasteiger partial charge < -0.3 is 10.2 Å². The summed E-state index contributed by atoms with van der Waals surface area (Å²) in [7, 11) is 0. The summed E-state index contributed by atoms with van der Waals surface area (Å²) in [5.41, 5.74) is 5.55. The lowest BCUT2D eigenvalue weighted by atomic mass is 10.2. The first-order chi connectivity index (χ1) is 9.95. The smallest absolute Gasteiger partial charge is 0.318 e. The summed E-state index contributed by atoms with van der Waals surface area (Å²) in [4.78, 5) is 22.1. The minimum absolute atomic E-state index is 0.206. The Morgan fingerprint density at radius 2 is 2.19 bits per heavy atom. The number of benzene rings is 1. The average molecular weight is 327 g/mol. The van der Waals surface area contributed by atoms with Crippen LogP contribution in [-0.2, 0) is 4.79 Å². The Balaban J connectivity index is 2.06. The first kappa shape index (κ1) is 15.3. The Morgan fingerprint density at radius 3 is 2.86 bits per heavy atom. The van der Waals surface area contributed by atoms with Crippen LogP contribution < -0.4 is 11.1 Å². The van der Waals surface area contributed by atoms with Crippen molar-refractivity contribution >= 4 is 35.3 Å². The molecule has 21 heavy (non-hydrogen) atoms. The summed E-state index contributed by atoms with van der Waals surface area (Å²) in [5.74, 6) is -0.238. The van der Waals surface area contributed by atoms with E-state index in [9.17, 15) is 9.59 Å². The number of thioether (sulfide) groups is 1. The maximum absolute atomic E-state index is 11.5. The maximum atomic E-state index is 11.5. The molecule has 1 atom stereocenters. The molecule has 110 valence electrons. The van der Waals surface area contributed by atoms with Crippen molar-refractivity contribution in [3.8, 4) is 11.5 Å². The first-order valence-corrected chi connectivity index (χ1v) is 7.08. The molecule has 3 N–H and O–H groups in total. The predicted octanol–water partition coefficient (Wildman–Crippen LogP) is 2.07. The van der Waals surface area contributed by atoms with Gasteiger partial charge in [0.05, 0.1) is 5.25 Å². The fourth-order valence-electron chi connectivity index (χ4n) is 1.42. The molecule has 9 heteroatoms. The molecule has 0 fully saturated rings. The van der Waals surface area contributed by atoms with E-state index in [0.717, 1.165) is 11.8 Å². The van der Waals surface area contributed by atoms with Gasteiger partial charge in [-0.2, -0.15) is 0 Å². The highest BCUT2D eigenvalue weighted by molar-refractivity contribution is 8.00. The van der Waals surface area contributed by atoms with Crippen molar-refractivity contribution < 1.29 is 14.0 Å². The molecule has 0 spiro atoms. The zero-order valence-electron chi connectivity index (χ0n) is 10.9. The van der Waals surface area contributed by atoms with Gasteiger partial charge in [0.1, 0.15) is 0 Å². The second kappa shape index (κ2) is 6.59. The monoisotopic (exact) mass is 326 g/mol. The van der Waals surface area contributed by atoms with Crippen LogP contribution in [0, 0.1) is 0 Å². The topological polar surface area (TPSA) is 111 Å². The van der Waals surface area contributed by atoms with Gasteiger partial charge in [0, 0.05) is 10.6 Å².